The number of hydrogen-bond acceptors (Lipinski definition) is 4. The predicted molar refractivity (Wildman–Crippen MR) is 105 cm³/mol. The van der Waals surface area contributed by atoms with Gasteiger partial charge in [0, 0.05) is 24.8 Å². The van der Waals surface area contributed by atoms with E-state index in [1.54, 1.807) is 29.0 Å². The maximum atomic E-state index is 13.5. The van der Waals surface area contributed by atoms with Gasteiger partial charge in [-0.15, -0.1) is 5.10 Å². The molecule has 0 saturated heterocycles. The Balaban J connectivity index is 1.99. The van der Waals surface area contributed by atoms with Crippen LogP contribution >= 0.6 is 11.6 Å². The van der Waals surface area contributed by atoms with Crippen LogP contribution in [0.2, 0.25) is 5.02 Å². The molecule has 0 spiro atoms. The van der Waals surface area contributed by atoms with Crippen LogP contribution < -0.4 is 15.1 Å². The normalized spacial score (nSPS) is 13.1. The Bertz CT molecular complexity index is 1050. The predicted octanol–water partition coefficient (Wildman–Crippen LogP) is 3.78. The van der Waals surface area contributed by atoms with Crippen LogP contribution in [0, 0.1) is 0 Å². The third-order valence-corrected chi connectivity index (χ3v) is 4.66. The second-order valence-electron chi connectivity index (χ2n) is 6.03. The molecule has 4 rings (SSSR count). The monoisotopic (exact) mass is 381 g/mol. The number of carbonyl (C=O) groups is 2. The van der Waals surface area contributed by atoms with Gasteiger partial charge in [-0.25, -0.2) is 4.79 Å². The van der Waals surface area contributed by atoms with Crippen molar-refractivity contribution in [3.05, 3.63) is 65.3 Å². The molecule has 2 aromatic carbocycles. The first-order chi connectivity index (χ1) is 13.0. The van der Waals surface area contributed by atoms with E-state index in [0.717, 1.165) is 10.4 Å². The average Bonchev–Trinajstić information content (AvgIpc) is 3.10. The molecule has 1 N–H and O–H groups in total. The summed E-state index contributed by atoms with van der Waals surface area (Å²) in [5, 5.41) is 7.34. The largest absolute Gasteiger partial charge is 0.341 e. The number of carbonyl (C=O) groups excluding carboxylic acids is 2. The molecule has 0 radical (unpaired) electrons. The van der Waals surface area contributed by atoms with Gasteiger partial charge >= 0.3 is 6.03 Å². The van der Waals surface area contributed by atoms with E-state index in [9.17, 15) is 9.59 Å². The summed E-state index contributed by atoms with van der Waals surface area (Å²) in [6, 6.07) is 14.2. The van der Waals surface area contributed by atoms with E-state index in [0.29, 0.717) is 27.8 Å². The number of benzene rings is 2. The first-order valence-corrected chi connectivity index (χ1v) is 8.63. The fraction of sp³-hybridized carbons (Fsp3) is 0.105. The average molecular weight is 382 g/mol. The molecule has 0 atom stereocenters. The molecule has 0 fully saturated rings. The molecule has 2 amide bonds. The van der Waals surface area contributed by atoms with Crippen molar-refractivity contribution in [2.24, 2.45) is 0 Å². The lowest BCUT2D eigenvalue weighted by Gasteiger charge is -2.25. The van der Waals surface area contributed by atoms with Crippen molar-refractivity contribution in [1.82, 2.24) is 15.1 Å². The maximum Gasteiger partial charge on any atom is 0.341 e. The van der Waals surface area contributed by atoms with Crippen LogP contribution in [0.1, 0.15) is 10.4 Å². The Morgan fingerprint density at radius 3 is 2.56 bits per heavy atom. The number of nitrogens with one attached hydrogen (secondary N) is 1. The van der Waals surface area contributed by atoms with Crippen molar-refractivity contribution in [2.45, 2.75) is 0 Å². The minimum Gasteiger partial charge on any atom is -0.339 e. The number of nitrogens with zero attached hydrogens (tertiary/aromatic N) is 4. The minimum atomic E-state index is -0.424. The van der Waals surface area contributed by atoms with E-state index in [1.807, 2.05) is 36.4 Å². The SMILES string of the molecule is CNC(=O)n1cc2c(n1)N(C)c1ccc(Cl)cc1N(c1ccccc1)C2=O. The molecular weight excluding hydrogens is 366 g/mol. The zero-order chi connectivity index (χ0) is 19.1. The van der Waals surface area contributed by atoms with E-state index in [1.165, 1.54) is 13.2 Å². The summed E-state index contributed by atoms with van der Waals surface area (Å²) in [6.07, 6.45) is 1.44. The smallest absolute Gasteiger partial charge is 0.339 e. The second-order valence-corrected chi connectivity index (χ2v) is 6.47. The Hall–Kier alpha value is -3.32. The highest BCUT2D eigenvalue weighted by molar-refractivity contribution is 6.31. The Morgan fingerprint density at radius 2 is 1.85 bits per heavy atom. The van der Waals surface area contributed by atoms with Crippen molar-refractivity contribution in [3.8, 4) is 0 Å². The molecule has 3 aromatic rings. The van der Waals surface area contributed by atoms with Crippen molar-refractivity contribution >= 4 is 46.4 Å². The van der Waals surface area contributed by atoms with Crippen LogP contribution in [0.15, 0.2) is 54.7 Å². The highest BCUT2D eigenvalue weighted by Crippen LogP contribution is 2.43. The Labute approximate surface area is 160 Å². The third kappa shape index (κ3) is 2.72. The summed E-state index contributed by atoms with van der Waals surface area (Å²) < 4.78 is 1.13. The van der Waals surface area contributed by atoms with Crippen LogP contribution in [-0.4, -0.2) is 35.8 Å². The van der Waals surface area contributed by atoms with E-state index in [4.69, 9.17) is 11.6 Å². The van der Waals surface area contributed by atoms with Gasteiger partial charge in [0.15, 0.2) is 5.82 Å². The zero-order valence-electron chi connectivity index (χ0n) is 14.7. The van der Waals surface area contributed by atoms with Gasteiger partial charge in [0.2, 0.25) is 0 Å². The molecule has 1 aliphatic heterocycles. The Kier molecular flexibility index (Phi) is 4.08. The number of halogens is 1. The van der Waals surface area contributed by atoms with Gasteiger partial charge in [-0.3, -0.25) is 9.69 Å². The summed E-state index contributed by atoms with van der Waals surface area (Å²) in [5.74, 6) is 0.102. The lowest BCUT2D eigenvalue weighted by molar-refractivity contribution is 0.100. The standard InChI is InChI=1S/C19H16ClN5O2/c1-21-19(27)24-11-14-17(22-24)23(2)15-9-8-12(20)10-16(15)25(18(14)26)13-6-4-3-5-7-13/h3-11H,1-2H3,(H,21,27). The van der Waals surface area contributed by atoms with Gasteiger partial charge in [-0.2, -0.15) is 4.68 Å². The first kappa shape index (κ1) is 17.1. The molecule has 136 valence electrons. The van der Waals surface area contributed by atoms with Crippen molar-refractivity contribution in [3.63, 3.8) is 0 Å². The fourth-order valence-electron chi connectivity index (χ4n) is 3.12. The molecule has 1 aliphatic rings. The van der Waals surface area contributed by atoms with Crippen LogP contribution in [-0.2, 0) is 0 Å². The maximum absolute atomic E-state index is 13.5. The summed E-state index contributed by atoms with van der Waals surface area (Å²) in [6.45, 7) is 0. The molecular formula is C19H16ClN5O2. The molecule has 0 saturated carbocycles. The summed E-state index contributed by atoms with van der Waals surface area (Å²) in [5.41, 5.74) is 2.40. The summed E-state index contributed by atoms with van der Waals surface area (Å²) >= 11 is 6.22. The van der Waals surface area contributed by atoms with Gasteiger partial charge in [0.25, 0.3) is 5.91 Å². The molecule has 0 bridgehead atoms. The van der Waals surface area contributed by atoms with E-state index in [2.05, 4.69) is 10.4 Å². The van der Waals surface area contributed by atoms with Gasteiger partial charge in [-0.05, 0) is 30.3 Å². The Morgan fingerprint density at radius 1 is 1.11 bits per heavy atom. The molecule has 27 heavy (non-hydrogen) atoms. The molecule has 0 unspecified atom stereocenters. The third-order valence-electron chi connectivity index (χ3n) is 4.42. The van der Waals surface area contributed by atoms with Crippen LogP contribution in [0.3, 0.4) is 0 Å². The van der Waals surface area contributed by atoms with E-state index >= 15 is 0 Å². The van der Waals surface area contributed by atoms with E-state index in [-0.39, 0.29) is 5.91 Å². The van der Waals surface area contributed by atoms with Gasteiger partial charge in [-0.1, -0.05) is 29.8 Å². The molecule has 7 nitrogen and oxygen atoms in total. The zero-order valence-corrected chi connectivity index (χ0v) is 15.4. The van der Waals surface area contributed by atoms with Gasteiger partial charge < -0.3 is 10.2 Å². The van der Waals surface area contributed by atoms with Crippen molar-refractivity contribution < 1.29 is 9.59 Å². The van der Waals surface area contributed by atoms with Crippen LogP contribution in [0.5, 0.6) is 0 Å². The molecule has 8 heteroatoms. The van der Waals surface area contributed by atoms with Crippen molar-refractivity contribution in [2.75, 3.05) is 23.9 Å². The molecule has 0 aliphatic carbocycles. The number of amides is 2. The number of anilines is 4. The second kappa shape index (κ2) is 6.44. The number of para-hydroxylation sites is 1. The molecule has 1 aromatic heterocycles. The van der Waals surface area contributed by atoms with E-state index < -0.39 is 6.03 Å². The number of fused-ring (bicyclic) bond motifs is 2. The lowest BCUT2D eigenvalue weighted by atomic mass is 10.2. The number of hydrogen-bond donors (Lipinski definition) is 1. The summed E-state index contributed by atoms with van der Waals surface area (Å²) in [7, 11) is 3.31. The van der Waals surface area contributed by atoms with Gasteiger partial charge in [0.05, 0.1) is 17.6 Å². The van der Waals surface area contributed by atoms with Crippen LogP contribution in [0.25, 0.3) is 0 Å². The van der Waals surface area contributed by atoms with Crippen molar-refractivity contribution in [1.29, 1.82) is 0 Å². The number of rotatable bonds is 1. The van der Waals surface area contributed by atoms with Gasteiger partial charge in [0.1, 0.15) is 5.56 Å². The summed E-state index contributed by atoms with van der Waals surface area (Å²) in [4.78, 5) is 28.8. The fourth-order valence-corrected chi connectivity index (χ4v) is 3.29. The topological polar surface area (TPSA) is 70.5 Å². The molecule has 2 heterocycles. The highest BCUT2D eigenvalue weighted by atomic mass is 35.5. The number of aromatic nitrogens is 2. The lowest BCUT2D eigenvalue weighted by Crippen LogP contribution is -2.27. The first-order valence-electron chi connectivity index (χ1n) is 8.26. The quantitative estimate of drug-likeness (QED) is 0.696. The van der Waals surface area contributed by atoms with Crippen LogP contribution in [0.4, 0.5) is 27.7 Å². The highest BCUT2D eigenvalue weighted by Gasteiger charge is 2.33. The minimum absolute atomic E-state index is 0.292.